The number of hydrogen-bond donors (Lipinski definition) is 4. The van der Waals surface area contributed by atoms with Crippen molar-refractivity contribution >= 4 is 46.7 Å². The number of likely N-dealkylation sites (tertiary alicyclic amines) is 1. The van der Waals surface area contributed by atoms with E-state index < -0.39 is 35.6 Å². The molecule has 16 nitrogen and oxygen atoms in total. The number of anilines is 3. The van der Waals surface area contributed by atoms with Crippen LogP contribution in [0.3, 0.4) is 0 Å². The number of benzene rings is 3. The van der Waals surface area contributed by atoms with Gasteiger partial charge in [0.15, 0.2) is 11.5 Å². The lowest BCUT2D eigenvalue weighted by atomic mass is 9.89. The molecule has 282 valence electrons. The summed E-state index contributed by atoms with van der Waals surface area (Å²) in [5.74, 6) is -1.52. The van der Waals surface area contributed by atoms with Crippen LogP contribution < -0.4 is 26.0 Å². The highest BCUT2D eigenvalue weighted by Crippen LogP contribution is 2.34. The second-order valence-electron chi connectivity index (χ2n) is 14.4. The molecule has 0 spiro atoms. The van der Waals surface area contributed by atoms with E-state index in [-0.39, 0.29) is 41.7 Å². The van der Waals surface area contributed by atoms with E-state index in [1.165, 1.54) is 17.7 Å². The number of ether oxygens (including phenoxy) is 1. The highest BCUT2D eigenvalue weighted by Gasteiger charge is 2.45. The minimum atomic E-state index is -0.981. The van der Waals surface area contributed by atoms with Crippen LogP contribution in [-0.4, -0.2) is 98.4 Å². The van der Waals surface area contributed by atoms with E-state index in [2.05, 4.69) is 47.7 Å². The largest absolute Gasteiger partial charge is 0.508 e. The van der Waals surface area contributed by atoms with Gasteiger partial charge in [-0.15, -0.1) is 5.10 Å². The maximum atomic E-state index is 13.3. The molecule has 5 heterocycles. The molecular weight excluding hydrogens is 706 g/mol. The number of imide groups is 2. The smallest absolute Gasteiger partial charge is 0.343 e. The molecule has 4 aliphatic rings. The number of aromatic hydroxyl groups is 1. The molecule has 1 aromatic heterocycles. The van der Waals surface area contributed by atoms with Crippen molar-refractivity contribution in [1.29, 1.82) is 0 Å². The summed E-state index contributed by atoms with van der Waals surface area (Å²) in [7, 11) is 0. The molecule has 16 heteroatoms. The number of amides is 5. The SMILES string of the molecule is NC(=O)c1nnc(Oc2cccc(O)c2)nc1Nc1ccc(C2CCN(CC3CCN(c4ccc5c(c4)C(=O)N(C4CCC(=O)NC4=O)C5=O)C3)CC2)cc1. The number of phenols is 1. The molecule has 0 bridgehead atoms. The van der Waals surface area contributed by atoms with Gasteiger partial charge in [-0.3, -0.25) is 34.2 Å². The molecule has 3 fully saturated rings. The number of hydrogen-bond acceptors (Lipinski definition) is 13. The maximum absolute atomic E-state index is 13.3. The molecule has 8 rings (SSSR count). The number of carbonyl (C=O) groups is 5. The van der Waals surface area contributed by atoms with Crippen molar-refractivity contribution in [2.45, 2.75) is 44.1 Å². The quantitative estimate of drug-likeness (QED) is 0.172. The van der Waals surface area contributed by atoms with Crippen molar-refractivity contribution in [3.63, 3.8) is 0 Å². The summed E-state index contributed by atoms with van der Waals surface area (Å²) in [6.45, 7) is 4.61. The number of fused-ring (bicyclic) bond motifs is 1. The average molecular weight is 746 g/mol. The lowest BCUT2D eigenvalue weighted by Gasteiger charge is -2.34. The predicted octanol–water partition coefficient (Wildman–Crippen LogP) is 3.32. The van der Waals surface area contributed by atoms with Gasteiger partial charge >= 0.3 is 6.01 Å². The van der Waals surface area contributed by atoms with Crippen LogP contribution in [0.25, 0.3) is 0 Å². The normalized spacial score (nSPS) is 20.4. The molecule has 0 radical (unpaired) electrons. The highest BCUT2D eigenvalue weighted by molar-refractivity contribution is 6.23. The van der Waals surface area contributed by atoms with Crippen LogP contribution in [0, 0.1) is 5.92 Å². The minimum absolute atomic E-state index is 0.0152. The first-order valence-corrected chi connectivity index (χ1v) is 18.3. The van der Waals surface area contributed by atoms with Gasteiger partial charge in [0.25, 0.3) is 17.7 Å². The number of nitrogens with one attached hydrogen (secondary N) is 2. The van der Waals surface area contributed by atoms with Crippen molar-refractivity contribution < 1.29 is 33.8 Å². The lowest BCUT2D eigenvalue weighted by Crippen LogP contribution is -2.54. The zero-order valence-corrected chi connectivity index (χ0v) is 29.8. The first kappa shape index (κ1) is 35.6. The first-order valence-electron chi connectivity index (χ1n) is 18.3. The Morgan fingerprint density at radius 3 is 2.44 bits per heavy atom. The van der Waals surface area contributed by atoms with Crippen LogP contribution >= 0.6 is 0 Å². The number of aromatic nitrogens is 3. The van der Waals surface area contributed by atoms with Crippen LogP contribution in [0.15, 0.2) is 66.7 Å². The molecular formula is C39H39N9O7. The number of carbonyl (C=O) groups excluding carboxylic acids is 5. The van der Waals surface area contributed by atoms with Crippen molar-refractivity contribution in [2.75, 3.05) is 42.9 Å². The molecule has 3 aromatic carbocycles. The van der Waals surface area contributed by atoms with Gasteiger partial charge in [-0.05, 0) is 98.6 Å². The summed E-state index contributed by atoms with van der Waals surface area (Å²) < 4.78 is 5.61. The topological polar surface area (TPSA) is 213 Å². The second-order valence-corrected chi connectivity index (χ2v) is 14.4. The van der Waals surface area contributed by atoms with E-state index in [0.29, 0.717) is 28.8 Å². The highest BCUT2D eigenvalue weighted by atomic mass is 16.5. The fraction of sp³-hybridized carbons (Fsp3) is 0.333. The second kappa shape index (κ2) is 14.8. The molecule has 2 unspecified atom stereocenters. The van der Waals surface area contributed by atoms with Gasteiger partial charge in [0.1, 0.15) is 17.5 Å². The minimum Gasteiger partial charge on any atom is -0.508 e. The number of primary amides is 1. The first-order chi connectivity index (χ1) is 26.6. The Morgan fingerprint density at radius 1 is 0.909 bits per heavy atom. The van der Waals surface area contributed by atoms with Gasteiger partial charge in [0, 0.05) is 43.5 Å². The third-order valence-electron chi connectivity index (χ3n) is 10.8. The molecule has 55 heavy (non-hydrogen) atoms. The number of rotatable bonds is 10. The summed E-state index contributed by atoms with van der Waals surface area (Å²) >= 11 is 0. The van der Waals surface area contributed by atoms with Gasteiger partial charge in [-0.25, -0.2) is 0 Å². The van der Waals surface area contributed by atoms with E-state index in [9.17, 15) is 29.1 Å². The Morgan fingerprint density at radius 2 is 1.69 bits per heavy atom. The zero-order chi connectivity index (χ0) is 38.2. The van der Waals surface area contributed by atoms with E-state index in [1.807, 2.05) is 18.2 Å². The Hall–Kier alpha value is -6.42. The Labute approximate surface area is 315 Å². The summed E-state index contributed by atoms with van der Waals surface area (Å²) in [6.07, 6.45) is 3.27. The summed E-state index contributed by atoms with van der Waals surface area (Å²) in [4.78, 5) is 72.6. The molecule has 4 aliphatic heterocycles. The van der Waals surface area contributed by atoms with E-state index in [4.69, 9.17) is 10.5 Å². The van der Waals surface area contributed by atoms with Crippen LogP contribution in [-0.2, 0) is 9.59 Å². The Balaban J connectivity index is 0.836. The van der Waals surface area contributed by atoms with E-state index >= 15 is 0 Å². The average Bonchev–Trinajstić information content (AvgIpc) is 3.73. The summed E-state index contributed by atoms with van der Waals surface area (Å²) in [6, 6.07) is 18.3. The van der Waals surface area contributed by atoms with Gasteiger partial charge in [0.05, 0.1) is 11.1 Å². The number of nitrogens with zero attached hydrogens (tertiary/aromatic N) is 6. The standard InChI is InChI=1S/C39H39N9O7/c40-34(51)33-35(43-39(45-44-33)55-28-3-1-2-27(49)19-28)41-25-6-4-23(5-7-25)24-13-15-46(16-14-24)20-22-12-17-47(21-22)26-8-9-29-30(18-26)38(54)48(37(29)53)31-10-11-32(50)42-36(31)52/h1-9,18-19,22,24,31,49H,10-17,20-21H2,(H2,40,51)(H,41,43,45)(H,42,50,52). The molecule has 2 atom stereocenters. The molecule has 3 saturated heterocycles. The predicted molar refractivity (Wildman–Crippen MR) is 198 cm³/mol. The Bertz CT molecular complexity index is 2190. The maximum Gasteiger partial charge on any atom is 0.343 e. The number of piperidine rings is 2. The molecule has 0 aliphatic carbocycles. The number of phenolic OH excluding ortho intramolecular Hbond substituents is 1. The molecule has 0 saturated carbocycles. The molecule has 5 N–H and O–H groups in total. The number of nitrogens with two attached hydrogens (primary N) is 1. The summed E-state index contributed by atoms with van der Waals surface area (Å²) in [5, 5.41) is 22.8. The fourth-order valence-corrected chi connectivity index (χ4v) is 7.92. The Kier molecular flexibility index (Phi) is 9.57. The van der Waals surface area contributed by atoms with Crippen molar-refractivity contribution in [2.24, 2.45) is 11.7 Å². The van der Waals surface area contributed by atoms with Crippen molar-refractivity contribution in [3.8, 4) is 17.5 Å². The van der Waals surface area contributed by atoms with Crippen LogP contribution in [0.1, 0.15) is 74.8 Å². The van der Waals surface area contributed by atoms with Crippen LogP contribution in [0.5, 0.6) is 17.5 Å². The van der Waals surface area contributed by atoms with Crippen LogP contribution in [0.4, 0.5) is 17.2 Å². The van der Waals surface area contributed by atoms with Gasteiger partial charge < -0.3 is 30.7 Å². The van der Waals surface area contributed by atoms with Gasteiger partial charge in [-0.2, -0.15) is 4.98 Å². The van der Waals surface area contributed by atoms with Gasteiger partial charge in [0.2, 0.25) is 11.8 Å². The monoisotopic (exact) mass is 745 g/mol. The van der Waals surface area contributed by atoms with Gasteiger partial charge in [-0.1, -0.05) is 23.3 Å². The van der Waals surface area contributed by atoms with E-state index in [0.717, 1.165) is 62.6 Å². The molecule has 4 aromatic rings. The third-order valence-corrected chi connectivity index (χ3v) is 10.8. The van der Waals surface area contributed by atoms with E-state index in [1.54, 1.807) is 24.3 Å². The van der Waals surface area contributed by atoms with Crippen molar-refractivity contribution in [3.05, 3.63) is 89.1 Å². The van der Waals surface area contributed by atoms with Crippen molar-refractivity contribution in [1.82, 2.24) is 30.3 Å². The lowest BCUT2D eigenvalue weighted by molar-refractivity contribution is -0.136. The fourth-order valence-electron chi connectivity index (χ4n) is 7.92. The third kappa shape index (κ3) is 7.40. The van der Waals surface area contributed by atoms with Crippen LogP contribution in [0.2, 0.25) is 0 Å². The molecule has 5 amide bonds. The summed E-state index contributed by atoms with van der Waals surface area (Å²) in [5.41, 5.74) is 8.77. The zero-order valence-electron chi connectivity index (χ0n) is 29.8.